The average molecular weight is 199 g/mol. The molecule has 0 radical (unpaired) electrons. The van der Waals surface area contributed by atoms with Crippen LogP contribution in [0.5, 0.6) is 0 Å². The predicted molar refractivity (Wildman–Crippen MR) is 52.7 cm³/mol. The van der Waals surface area contributed by atoms with Crippen molar-refractivity contribution in [3.05, 3.63) is 33.1 Å². The third-order valence-corrected chi connectivity index (χ3v) is 1.70. The fourth-order valence-electron chi connectivity index (χ4n) is 0.851. The lowest BCUT2D eigenvalue weighted by atomic mass is 10.4. The lowest BCUT2D eigenvalue weighted by molar-refractivity contribution is 0.667. The summed E-state index contributed by atoms with van der Waals surface area (Å²) in [5.74, 6) is 0. The van der Waals surface area contributed by atoms with E-state index in [9.17, 15) is 9.59 Å². The molecule has 0 saturated heterocycles. The van der Waals surface area contributed by atoms with Gasteiger partial charge in [-0.05, 0) is 0 Å². The molecule has 1 aromatic rings. The normalized spacial score (nSPS) is 9.85. The van der Waals surface area contributed by atoms with Crippen molar-refractivity contribution in [1.82, 2.24) is 9.55 Å². The summed E-state index contributed by atoms with van der Waals surface area (Å²) in [4.78, 5) is 24.2. The molecule has 1 rings (SSSR count). The van der Waals surface area contributed by atoms with Crippen LogP contribution in [0.4, 0.5) is 0 Å². The van der Waals surface area contributed by atoms with Gasteiger partial charge in [0.05, 0.1) is 4.99 Å². The van der Waals surface area contributed by atoms with Crippen molar-refractivity contribution in [2.75, 3.05) is 0 Å². The van der Waals surface area contributed by atoms with Gasteiger partial charge in [0.2, 0.25) is 0 Å². The molecule has 0 aliphatic carbocycles. The predicted octanol–water partition coefficient (Wildman–Crippen LogP) is -0.787. The first-order chi connectivity index (χ1) is 6.09. The monoisotopic (exact) mass is 199 g/mol. The minimum absolute atomic E-state index is 0.345. The molecule has 0 spiro atoms. The van der Waals surface area contributed by atoms with Crippen molar-refractivity contribution in [2.24, 2.45) is 5.73 Å². The first-order valence-corrected chi connectivity index (χ1v) is 4.08. The number of aromatic nitrogens is 2. The van der Waals surface area contributed by atoms with Crippen LogP contribution in [0, 0.1) is 0 Å². The number of hydrogen-bond acceptors (Lipinski definition) is 3. The van der Waals surface area contributed by atoms with Crippen LogP contribution in [0.2, 0.25) is 0 Å². The van der Waals surface area contributed by atoms with Crippen LogP contribution in [0.15, 0.2) is 21.9 Å². The first kappa shape index (κ1) is 9.66. The molecule has 0 atom stereocenters. The van der Waals surface area contributed by atoms with Crippen molar-refractivity contribution in [3.63, 3.8) is 0 Å². The molecule has 0 aliphatic heterocycles. The fraction of sp³-hybridized carbons (Fsp3) is 0.286. The van der Waals surface area contributed by atoms with Crippen molar-refractivity contribution in [2.45, 2.75) is 13.0 Å². The van der Waals surface area contributed by atoms with Gasteiger partial charge >= 0.3 is 5.69 Å². The maximum Gasteiger partial charge on any atom is 0.328 e. The van der Waals surface area contributed by atoms with Crippen LogP contribution in [0.1, 0.15) is 6.42 Å². The third kappa shape index (κ3) is 2.83. The molecule has 13 heavy (non-hydrogen) atoms. The lowest BCUT2D eigenvalue weighted by Gasteiger charge is -2.01. The van der Waals surface area contributed by atoms with Crippen molar-refractivity contribution < 1.29 is 0 Å². The van der Waals surface area contributed by atoms with E-state index < -0.39 is 11.2 Å². The number of aryl methyl sites for hydroxylation is 1. The van der Waals surface area contributed by atoms with Crippen LogP contribution in [0.3, 0.4) is 0 Å². The Labute approximate surface area is 79.2 Å². The van der Waals surface area contributed by atoms with Crippen LogP contribution in [-0.4, -0.2) is 14.5 Å². The molecule has 70 valence electrons. The second kappa shape index (κ2) is 3.99. The van der Waals surface area contributed by atoms with E-state index in [1.807, 2.05) is 0 Å². The van der Waals surface area contributed by atoms with E-state index in [2.05, 4.69) is 17.2 Å². The quantitative estimate of drug-likeness (QED) is 0.625. The zero-order chi connectivity index (χ0) is 9.84. The smallest absolute Gasteiger partial charge is 0.328 e. The molecule has 1 heterocycles. The Hall–Kier alpha value is -1.43. The summed E-state index contributed by atoms with van der Waals surface area (Å²) in [5, 5.41) is 0. The van der Waals surface area contributed by atoms with E-state index >= 15 is 0 Å². The number of nitrogens with two attached hydrogens (primary N) is 1. The molecular weight excluding hydrogens is 190 g/mol. The second-order valence-electron chi connectivity index (χ2n) is 2.52. The topological polar surface area (TPSA) is 80.9 Å². The third-order valence-electron chi connectivity index (χ3n) is 1.50. The van der Waals surface area contributed by atoms with Crippen LogP contribution in [-0.2, 0) is 6.54 Å². The van der Waals surface area contributed by atoms with E-state index in [4.69, 9.17) is 5.73 Å². The Bertz CT molecular complexity index is 420. The van der Waals surface area contributed by atoms with Gasteiger partial charge in [-0.15, -0.1) is 0 Å². The molecule has 0 amide bonds. The first-order valence-electron chi connectivity index (χ1n) is 3.67. The summed E-state index contributed by atoms with van der Waals surface area (Å²) in [6, 6.07) is 1.28. The number of H-pyrrole nitrogens is 1. The molecule has 0 unspecified atom stereocenters. The van der Waals surface area contributed by atoms with Crippen LogP contribution in [0.25, 0.3) is 0 Å². The minimum atomic E-state index is -0.441. The lowest BCUT2D eigenvalue weighted by Crippen LogP contribution is -2.29. The number of rotatable bonds is 3. The number of nitrogens with one attached hydrogen (secondary N) is 1. The average Bonchev–Trinajstić information content (AvgIpc) is 2.02. The number of hydrogen-bond donors (Lipinski definition) is 2. The largest absolute Gasteiger partial charge is 0.393 e. The minimum Gasteiger partial charge on any atom is -0.393 e. The maximum atomic E-state index is 11.1. The van der Waals surface area contributed by atoms with Crippen molar-refractivity contribution >= 4 is 17.2 Å². The zero-order valence-corrected chi connectivity index (χ0v) is 7.63. The number of nitrogens with zero attached hydrogens (tertiary/aromatic N) is 1. The molecule has 1 aromatic heterocycles. The molecule has 6 heteroatoms. The number of thiocarbonyl (C=S) groups is 1. The van der Waals surface area contributed by atoms with Gasteiger partial charge in [-0.3, -0.25) is 9.78 Å². The van der Waals surface area contributed by atoms with Crippen LogP contribution >= 0.6 is 12.2 Å². The molecule has 5 nitrogen and oxygen atoms in total. The summed E-state index contributed by atoms with van der Waals surface area (Å²) < 4.78 is 1.35. The SMILES string of the molecule is NC(=S)CCn1ccc(=O)[nH]c1=O. The Balaban J connectivity index is 2.84. The Morgan fingerprint density at radius 3 is 2.85 bits per heavy atom. The van der Waals surface area contributed by atoms with E-state index in [1.165, 1.54) is 16.8 Å². The van der Waals surface area contributed by atoms with Gasteiger partial charge in [0.15, 0.2) is 0 Å². The highest BCUT2D eigenvalue weighted by Crippen LogP contribution is 1.84. The fourth-order valence-corrected chi connectivity index (χ4v) is 0.942. The summed E-state index contributed by atoms with van der Waals surface area (Å²) >= 11 is 4.65. The summed E-state index contributed by atoms with van der Waals surface area (Å²) in [6.07, 6.45) is 1.86. The van der Waals surface area contributed by atoms with Gasteiger partial charge in [0, 0.05) is 25.2 Å². The molecule has 0 fully saturated rings. The molecule has 3 N–H and O–H groups in total. The second-order valence-corrected chi connectivity index (χ2v) is 3.04. The van der Waals surface area contributed by atoms with E-state index in [0.29, 0.717) is 18.0 Å². The summed E-state index contributed by atoms with van der Waals surface area (Å²) in [7, 11) is 0. The maximum absolute atomic E-state index is 11.1. The van der Waals surface area contributed by atoms with Gasteiger partial charge in [-0.25, -0.2) is 4.79 Å². The Morgan fingerprint density at radius 1 is 1.62 bits per heavy atom. The van der Waals surface area contributed by atoms with E-state index in [0.717, 1.165) is 0 Å². The molecule has 0 saturated carbocycles. The van der Waals surface area contributed by atoms with Crippen molar-refractivity contribution in [3.8, 4) is 0 Å². The van der Waals surface area contributed by atoms with Gasteiger partial charge in [0.25, 0.3) is 5.56 Å². The standard InChI is InChI=1S/C7H9N3O2S/c8-5(13)1-3-10-4-2-6(11)9-7(10)12/h2,4H,1,3H2,(H2,8,13)(H,9,11,12). The van der Waals surface area contributed by atoms with Gasteiger partial charge in [0.1, 0.15) is 0 Å². The van der Waals surface area contributed by atoms with Gasteiger partial charge in [-0.1, -0.05) is 12.2 Å². The Kier molecular flexibility index (Phi) is 2.97. The van der Waals surface area contributed by atoms with Gasteiger partial charge < -0.3 is 10.3 Å². The molecule has 0 aliphatic rings. The molecule has 0 bridgehead atoms. The van der Waals surface area contributed by atoms with E-state index in [-0.39, 0.29) is 0 Å². The van der Waals surface area contributed by atoms with Crippen LogP contribution < -0.4 is 17.0 Å². The van der Waals surface area contributed by atoms with E-state index in [1.54, 1.807) is 0 Å². The highest BCUT2D eigenvalue weighted by Gasteiger charge is 1.96. The molecule has 0 aromatic carbocycles. The van der Waals surface area contributed by atoms with Crippen molar-refractivity contribution in [1.29, 1.82) is 0 Å². The highest BCUT2D eigenvalue weighted by atomic mass is 32.1. The Morgan fingerprint density at radius 2 is 2.31 bits per heavy atom. The molecular formula is C7H9N3O2S. The zero-order valence-electron chi connectivity index (χ0n) is 6.82. The van der Waals surface area contributed by atoms with Gasteiger partial charge in [-0.2, -0.15) is 0 Å². The highest BCUT2D eigenvalue weighted by molar-refractivity contribution is 7.80. The number of aromatic amines is 1. The summed E-state index contributed by atoms with van der Waals surface area (Å²) in [6.45, 7) is 0.394. The summed E-state index contributed by atoms with van der Waals surface area (Å²) in [5.41, 5.74) is 4.42.